The highest BCUT2D eigenvalue weighted by Crippen LogP contribution is 2.27. The van der Waals surface area contributed by atoms with E-state index in [9.17, 15) is 4.79 Å². The quantitative estimate of drug-likeness (QED) is 0.906. The molecule has 122 valence electrons. The zero-order valence-corrected chi connectivity index (χ0v) is 13.6. The summed E-state index contributed by atoms with van der Waals surface area (Å²) in [5.41, 5.74) is 4.38. The van der Waals surface area contributed by atoms with Crippen molar-refractivity contribution in [2.75, 3.05) is 5.32 Å². The zero-order chi connectivity index (χ0) is 16.4. The average Bonchev–Trinajstić information content (AvgIpc) is 2.88. The van der Waals surface area contributed by atoms with Crippen molar-refractivity contribution in [1.82, 2.24) is 9.55 Å². The number of anilines is 1. The van der Waals surface area contributed by atoms with Gasteiger partial charge in [0.05, 0.1) is 17.9 Å². The minimum atomic E-state index is -0.654. The van der Waals surface area contributed by atoms with Crippen molar-refractivity contribution in [1.29, 1.82) is 0 Å². The Bertz CT molecular complexity index is 683. The molecule has 1 aromatic heterocycles. The van der Waals surface area contributed by atoms with Crippen LogP contribution in [0.3, 0.4) is 0 Å². The number of rotatable bonds is 4. The summed E-state index contributed by atoms with van der Waals surface area (Å²) in [4.78, 5) is 15.3. The first-order valence-corrected chi connectivity index (χ1v) is 8.15. The van der Waals surface area contributed by atoms with Crippen LogP contribution in [0, 0.1) is 19.8 Å². The molecule has 0 unspecified atom stereocenters. The van der Waals surface area contributed by atoms with Crippen LogP contribution in [0.2, 0.25) is 0 Å². The van der Waals surface area contributed by atoms with Gasteiger partial charge in [-0.2, -0.15) is 0 Å². The number of aliphatic carboxylic acids is 1. The number of benzene rings is 1. The number of carboxylic acids is 1. The molecule has 1 aliphatic rings. The van der Waals surface area contributed by atoms with Crippen molar-refractivity contribution in [3.8, 4) is 5.69 Å². The Morgan fingerprint density at radius 2 is 1.83 bits per heavy atom. The van der Waals surface area contributed by atoms with E-state index in [-0.39, 0.29) is 5.92 Å². The molecule has 3 rings (SSSR count). The molecular weight excluding hydrogens is 290 g/mol. The minimum Gasteiger partial charge on any atom is -0.481 e. The van der Waals surface area contributed by atoms with Crippen LogP contribution in [0.5, 0.6) is 0 Å². The molecule has 2 N–H and O–H groups in total. The number of aromatic nitrogens is 2. The van der Waals surface area contributed by atoms with E-state index in [4.69, 9.17) is 5.11 Å². The highest BCUT2D eigenvalue weighted by molar-refractivity contribution is 5.70. The smallest absolute Gasteiger partial charge is 0.306 e. The van der Waals surface area contributed by atoms with Crippen molar-refractivity contribution >= 4 is 11.7 Å². The van der Waals surface area contributed by atoms with Gasteiger partial charge in [-0.05, 0) is 63.8 Å². The summed E-state index contributed by atoms with van der Waals surface area (Å²) in [5.74, 6) is -0.818. The summed E-state index contributed by atoms with van der Waals surface area (Å²) < 4.78 is 2.08. The minimum absolute atomic E-state index is 0.164. The van der Waals surface area contributed by atoms with Crippen LogP contribution in [0.4, 0.5) is 5.69 Å². The number of carboxylic acid groups (broad SMARTS) is 1. The topological polar surface area (TPSA) is 67.2 Å². The third-order valence-electron chi connectivity index (χ3n) is 4.84. The predicted octanol–water partition coefficient (Wildman–Crippen LogP) is 3.54. The van der Waals surface area contributed by atoms with Crippen LogP contribution in [0.1, 0.15) is 37.1 Å². The molecule has 23 heavy (non-hydrogen) atoms. The van der Waals surface area contributed by atoms with Crippen LogP contribution >= 0.6 is 0 Å². The van der Waals surface area contributed by atoms with Gasteiger partial charge >= 0.3 is 5.97 Å². The lowest BCUT2D eigenvalue weighted by Gasteiger charge is -2.27. The standard InChI is InChI=1S/C18H23N3O2/c1-12-13(2)21(11-19-12)17-9-7-16(8-10-17)20-15-5-3-14(4-6-15)18(22)23/h7-11,14-15,20H,3-6H2,1-2H3,(H,22,23). The second-order valence-electron chi connectivity index (χ2n) is 6.36. The van der Waals surface area contributed by atoms with Gasteiger partial charge in [-0.1, -0.05) is 0 Å². The molecule has 0 bridgehead atoms. The van der Waals surface area contributed by atoms with Gasteiger partial charge in [0.15, 0.2) is 0 Å². The summed E-state index contributed by atoms with van der Waals surface area (Å²) in [7, 11) is 0. The van der Waals surface area contributed by atoms with Gasteiger partial charge in [0.25, 0.3) is 0 Å². The molecule has 2 aromatic rings. The Morgan fingerprint density at radius 3 is 2.35 bits per heavy atom. The second kappa shape index (κ2) is 6.44. The van der Waals surface area contributed by atoms with Crippen molar-refractivity contribution in [3.05, 3.63) is 42.0 Å². The number of carbonyl (C=O) groups is 1. The molecule has 0 amide bonds. The van der Waals surface area contributed by atoms with E-state index in [1.54, 1.807) is 0 Å². The first kappa shape index (κ1) is 15.6. The Hall–Kier alpha value is -2.30. The lowest BCUT2D eigenvalue weighted by Crippen LogP contribution is -2.29. The first-order chi connectivity index (χ1) is 11.0. The molecule has 1 fully saturated rings. The van der Waals surface area contributed by atoms with Gasteiger partial charge in [0.2, 0.25) is 0 Å². The molecule has 0 aliphatic heterocycles. The maximum absolute atomic E-state index is 11.0. The lowest BCUT2D eigenvalue weighted by atomic mass is 9.86. The fourth-order valence-electron chi connectivity index (χ4n) is 3.20. The summed E-state index contributed by atoms with van der Waals surface area (Å²) in [6, 6.07) is 8.69. The number of nitrogens with zero attached hydrogens (tertiary/aromatic N) is 2. The first-order valence-electron chi connectivity index (χ1n) is 8.15. The normalized spacial score (nSPS) is 21.1. The summed E-state index contributed by atoms with van der Waals surface area (Å²) in [6.45, 7) is 4.07. The van der Waals surface area contributed by atoms with Gasteiger partial charge < -0.3 is 15.0 Å². The van der Waals surface area contributed by atoms with Crippen molar-refractivity contribution < 1.29 is 9.90 Å². The second-order valence-corrected chi connectivity index (χ2v) is 6.36. The summed E-state index contributed by atoms with van der Waals surface area (Å²) >= 11 is 0. The van der Waals surface area contributed by atoms with E-state index in [2.05, 4.69) is 46.1 Å². The van der Waals surface area contributed by atoms with Crippen LogP contribution in [-0.2, 0) is 4.79 Å². The van der Waals surface area contributed by atoms with Crippen LogP contribution in [-0.4, -0.2) is 26.7 Å². The third kappa shape index (κ3) is 3.38. The summed E-state index contributed by atoms with van der Waals surface area (Å²) in [6.07, 6.45) is 5.20. The maximum atomic E-state index is 11.0. The fourth-order valence-corrected chi connectivity index (χ4v) is 3.20. The highest BCUT2D eigenvalue weighted by atomic mass is 16.4. The monoisotopic (exact) mass is 313 g/mol. The maximum Gasteiger partial charge on any atom is 0.306 e. The van der Waals surface area contributed by atoms with Crippen LogP contribution in [0.25, 0.3) is 5.69 Å². The molecule has 0 radical (unpaired) electrons. The fraction of sp³-hybridized carbons (Fsp3) is 0.444. The third-order valence-corrected chi connectivity index (χ3v) is 4.84. The molecule has 1 saturated carbocycles. The van der Waals surface area contributed by atoms with Crippen molar-refractivity contribution in [3.63, 3.8) is 0 Å². The predicted molar refractivity (Wildman–Crippen MR) is 90.0 cm³/mol. The number of imidazole rings is 1. The molecule has 1 aromatic carbocycles. The van der Waals surface area contributed by atoms with Gasteiger partial charge in [0, 0.05) is 23.1 Å². The van der Waals surface area contributed by atoms with Crippen LogP contribution in [0.15, 0.2) is 30.6 Å². The molecular formula is C18H23N3O2. The van der Waals surface area contributed by atoms with Crippen LogP contribution < -0.4 is 5.32 Å². The molecule has 0 spiro atoms. The SMILES string of the molecule is Cc1ncn(-c2ccc(NC3CCC(C(=O)O)CC3)cc2)c1C. The van der Waals surface area contributed by atoms with Crippen molar-refractivity contribution in [2.24, 2.45) is 5.92 Å². The molecule has 1 aliphatic carbocycles. The Kier molecular flexibility index (Phi) is 4.37. The van der Waals surface area contributed by atoms with E-state index in [0.29, 0.717) is 6.04 Å². The highest BCUT2D eigenvalue weighted by Gasteiger charge is 2.25. The molecule has 0 saturated heterocycles. The molecule has 1 heterocycles. The van der Waals surface area contributed by atoms with Gasteiger partial charge in [-0.15, -0.1) is 0 Å². The van der Waals surface area contributed by atoms with Gasteiger partial charge in [0.1, 0.15) is 0 Å². The molecule has 0 atom stereocenters. The number of hydrogen-bond donors (Lipinski definition) is 2. The number of hydrogen-bond acceptors (Lipinski definition) is 3. The van der Waals surface area contributed by atoms with E-state index in [1.165, 1.54) is 0 Å². The molecule has 5 nitrogen and oxygen atoms in total. The average molecular weight is 313 g/mol. The lowest BCUT2D eigenvalue weighted by molar-refractivity contribution is -0.142. The van der Waals surface area contributed by atoms with E-state index < -0.39 is 5.97 Å². The number of aryl methyl sites for hydroxylation is 1. The number of nitrogens with one attached hydrogen (secondary N) is 1. The van der Waals surface area contributed by atoms with E-state index in [1.807, 2.05) is 13.3 Å². The Labute approximate surface area is 136 Å². The summed E-state index contributed by atoms with van der Waals surface area (Å²) in [5, 5.41) is 12.6. The van der Waals surface area contributed by atoms with Gasteiger partial charge in [-0.3, -0.25) is 4.79 Å². The largest absolute Gasteiger partial charge is 0.481 e. The van der Waals surface area contributed by atoms with E-state index in [0.717, 1.165) is 48.4 Å². The van der Waals surface area contributed by atoms with E-state index >= 15 is 0 Å². The Balaban J connectivity index is 1.62. The molecule has 5 heteroatoms. The van der Waals surface area contributed by atoms with Gasteiger partial charge in [-0.25, -0.2) is 4.98 Å². The zero-order valence-electron chi connectivity index (χ0n) is 13.6. The van der Waals surface area contributed by atoms with Crippen molar-refractivity contribution in [2.45, 2.75) is 45.6 Å². The Morgan fingerprint density at radius 1 is 1.17 bits per heavy atom.